The van der Waals surface area contributed by atoms with Crippen LogP contribution in [0.3, 0.4) is 0 Å². The van der Waals surface area contributed by atoms with Crippen molar-refractivity contribution in [3.8, 4) is 0 Å². The van der Waals surface area contributed by atoms with Crippen molar-refractivity contribution in [3.63, 3.8) is 0 Å². The molecule has 0 aliphatic rings. The molecular formula is C12H9ClN2OS. The summed E-state index contributed by atoms with van der Waals surface area (Å²) in [7, 11) is 0. The van der Waals surface area contributed by atoms with Crippen molar-refractivity contribution in [1.82, 2.24) is 4.98 Å². The first-order valence-electron chi connectivity index (χ1n) is 4.88. The van der Waals surface area contributed by atoms with E-state index in [0.29, 0.717) is 10.2 Å². The Balaban J connectivity index is 1.99. The van der Waals surface area contributed by atoms with Crippen molar-refractivity contribution in [3.05, 3.63) is 52.5 Å². The lowest BCUT2D eigenvalue weighted by atomic mass is 10.2. The quantitative estimate of drug-likeness (QED) is 0.863. The molecule has 0 bridgehead atoms. The van der Waals surface area contributed by atoms with Gasteiger partial charge in [-0.3, -0.25) is 10.1 Å². The molecule has 0 radical (unpaired) electrons. The summed E-state index contributed by atoms with van der Waals surface area (Å²) in [4.78, 5) is 15.5. The van der Waals surface area contributed by atoms with Crippen LogP contribution < -0.4 is 5.32 Å². The van der Waals surface area contributed by atoms with Crippen LogP contribution in [-0.4, -0.2) is 10.9 Å². The number of nitrogens with zero attached hydrogens (tertiary/aromatic N) is 1. The number of hydrogen-bond acceptors (Lipinski definition) is 3. The van der Waals surface area contributed by atoms with Gasteiger partial charge in [0.15, 0.2) is 5.13 Å². The zero-order valence-corrected chi connectivity index (χ0v) is 10.3. The summed E-state index contributed by atoms with van der Waals surface area (Å²) in [5, 5.41) is 5.69. The summed E-state index contributed by atoms with van der Waals surface area (Å²) in [5.74, 6) is -0.208. The van der Waals surface area contributed by atoms with Gasteiger partial charge in [0.05, 0.1) is 0 Å². The molecule has 0 spiro atoms. The standard InChI is InChI=1S/C12H9ClN2OS/c13-10-3-1-2-9(8-10)4-5-11(16)15-12-14-6-7-17-12/h1-8H,(H,14,15,16)/b5-4-. The number of benzene rings is 1. The average Bonchev–Trinajstić information content (AvgIpc) is 2.79. The van der Waals surface area contributed by atoms with Crippen LogP contribution in [0.15, 0.2) is 41.9 Å². The monoisotopic (exact) mass is 264 g/mol. The van der Waals surface area contributed by atoms with E-state index in [9.17, 15) is 4.79 Å². The van der Waals surface area contributed by atoms with Gasteiger partial charge in [0.1, 0.15) is 0 Å². The molecule has 0 unspecified atom stereocenters. The molecule has 1 amide bonds. The lowest BCUT2D eigenvalue weighted by Gasteiger charge is -1.96. The number of hydrogen-bond donors (Lipinski definition) is 1. The van der Waals surface area contributed by atoms with Gasteiger partial charge in [-0.25, -0.2) is 4.98 Å². The van der Waals surface area contributed by atoms with Crippen LogP contribution in [-0.2, 0) is 4.79 Å². The Morgan fingerprint density at radius 3 is 3.06 bits per heavy atom. The van der Waals surface area contributed by atoms with Gasteiger partial charge in [0.2, 0.25) is 5.91 Å². The zero-order chi connectivity index (χ0) is 12.1. The number of amides is 1. The highest BCUT2D eigenvalue weighted by atomic mass is 35.5. The maximum absolute atomic E-state index is 11.5. The van der Waals surface area contributed by atoms with E-state index in [2.05, 4.69) is 10.3 Å². The van der Waals surface area contributed by atoms with Crippen LogP contribution in [0, 0.1) is 0 Å². The van der Waals surface area contributed by atoms with Gasteiger partial charge in [0, 0.05) is 22.7 Å². The Morgan fingerprint density at radius 2 is 2.35 bits per heavy atom. The maximum atomic E-state index is 11.5. The van der Waals surface area contributed by atoms with Crippen LogP contribution in [0.2, 0.25) is 5.02 Å². The average molecular weight is 265 g/mol. The number of rotatable bonds is 3. The van der Waals surface area contributed by atoms with Gasteiger partial charge in [-0.05, 0) is 23.8 Å². The largest absolute Gasteiger partial charge is 0.298 e. The van der Waals surface area contributed by atoms with E-state index in [-0.39, 0.29) is 5.91 Å². The van der Waals surface area contributed by atoms with Gasteiger partial charge >= 0.3 is 0 Å². The third-order valence-corrected chi connectivity index (χ3v) is 2.86. The summed E-state index contributed by atoms with van der Waals surface area (Å²) in [5.41, 5.74) is 0.881. The van der Waals surface area contributed by atoms with Crippen LogP contribution in [0.4, 0.5) is 5.13 Å². The Kier molecular flexibility index (Phi) is 3.90. The minimum Gasteiger partial charge on any atom is -0.298 e. The van der Waals surface area contributed by atoms with Gasteiger partial charge in [-0.1, -0.05) is 23.7 Å². The number of carbonyl (C=O) groups is 1. The van der Waals surface area contributed by atoms with Crippen LogP contribution >= 0.6 is 22.9 Å². The molecule has 0 atom stereocenters. The Labute approximate surface area is 108 Å². The summed E-state index contributed by atoms with van der Waals surface area (Å²) >= 11 is 7.21. The number of halogens is 1. The number of nitrogens with one attached hydrogen (secondary N) is 1. The first kappa shape index (κ1) is 11.8. The normalized spacial score (nSPS) is 10.6. The number of thiazole rings is 1. The van der Waals surface area contributed by atoms with Crippen molar-refractivity contribution in [1.29, 1.82) is 0 Å². The van der Waals surface area contributed by atoms with Crippen molar-refractivity contribution < 1.29 is 4.79 Å². The molecule has 1 aromatic heterocycles. The molecule has 17 heavy (non-hydrogen) atoms. The predicted octanol–water partition coefficient (Wildman–Crippen LogP) is 3.45. The van der Waals surface area contributed by atoms with Crippen molar-refractivity contribution in [2.75, 3.05) is 5.32 Å². The fourth-order valence-corrected chi connectivity index (χ4v) is 1.94. The summed E-state index contributed by atoms with van der Waals surface area (Å²) < 4.78 is 0. The minimum absolute atomic E-state index is 0.208. The van der Waals surface area contributed by atoms with Crippen LogP contribution in [0.25, 0.3) is 6.08 Å². The lowest BCUT2D eigenvalue weighted by Crippen LogP contribution is -2.06. The van der Waals surface area contributed by atoms with E-state index in [4.69, 9.17) is 11.6 Å². The zero-order valence-electron chi connectivity index (χ0n) is 8.76. The molecule has 0 aliphatic carbocycles. The van der Waals surface area contributed by atoms with E-state index < -0.39 is 0 Å². The molecule has 2 rings (SSSR count). The number of carbonyl (C=O) groups excluding carboxylic acids is 1. The van der Waals surface area contributed by atoms with Crippen molar-refractivity contribution in [2.24, 2.45) is 0 Å². The van der Waals surface area contributed by atoms with E-state index in [1.165, 1.54) is 17.4 Å². The summed E-state index contributed by atoms with van der Waals surface area (Å²) in [6, 6.07) is 7.28. The van der Waals surface area contributed by atoms with E-state index in [0.717, 1.165) is 5.56 Å². The molecule has 1 N–H and O–H groups in total. The number of anilines is 1. The highest BCUT2D eigenvalue weighted by Crippen LogP contribution is 2.13. The molecule has 0 fully saturated rings. The second kappa shape index (κ2) is 5.61. The summed E-state index contributed by atoms with van der Waals surface area (Å²) in [6.45, 7) is 0. The molecule has 0 aliphatic heterocycles. The van der Waals surface area contributed by atoms with Crippen LogP contribution in [0.1, 0.15) is 5.56 Å². The van der Waals surface area contributed by atoms with Gasteiger partial charge in [0.25, 0.3) is 0 Å². The van der Waals surface area contributed by atoms with E-state index in [1.807, 2.05) is 12.1 Å². The molecule has 86 valence electrons. The third kappa shape index (κ3) is 3.69. The molecule has 2 aromatic rings. The van der Waals surface area contributed by atoms with Gasteiger partial charge in [-0.15, -0.1) is 11.3 Å². The first-order chi connectivity index (χ1) is 8.24. The topological polar surface area (TPSA) is 42.0 Å². The highest BCUT2D eigenvalue weighted by Gasteiger charge is 1.99. The van der Waals surface area contributed by atoms with E-state index in [1.54, 1.807) is 29.8 Å². The molecule has 0 saturated carbocycles. The Hall–Kier alpha value is -1.65. The molecule has 5 heteroatoms. The van der Waals surface area contributed by atoms with E-state index >= 15 is 0 Å². The fraction of sp³-hybridized carbons (Fsp3) is 0. The second-order valence-corrected chi connectivity index (χ2v) is 4.55. The molecule has 1 aromatic carbocycles. The third-order valence-electron chi connectivity index (χ3n) is 1.94. The minimum atomic E-state index is -0.208. The molecule has 0 saturated heterocycles. The highest BCUT2D eigenvalue weighted by molar-refractivity contribution is 7.13. The molecular weight excluding hydrogens is 256 g/mol. The smallest absolute Gasteiger partial charge is 0.250 e. The van der Waals surface area contributed by atoms with Gasteiger partial charge < -0.3 is 0 Å². The maximum Gasteiger partial charge on any atom is 0.250 e. The first-order valence-corrected chi connectivity index (χ1v) is 6.14. The molecule has 3 nitrogen and oxygen atoms in total. The Morgan fingerprint density at radius 1 is 1.47 bits per heavy atom. The van der Waals surface area contributed by atoms with Gasteiger partial charge in [-0.2, -0.15) is 0 Å². The second-order valence-electron chi connectivity index (χ2n) is 3.21. The van der Waals surface area contributed by atoms with Crippen molar-refractivity contribution >= 4 is 40.1 Å². The number of aromatic nitrogens is 1. The fourth-order valence-electron chi connectivity index (χ4n) is 1.21. The Bertz CT molecular complexity index is 537. The predicted molar refractivity (Wildman–Crippen MR) is 71.2 cm³/mol. The lowest BCUT2D eigenvalue weighted by molar-refractivity contribution is -0.111. The van der Waals surface area contributed by atoms with Crippen LogP contribution in [0.5, 0.6) is 0 Å². The molecule has 1 heterocycles. The summed E-state index contributed by atoms with van der Waals surface area (Å²) in [6.07, 6.45) is 4.79. The SMILES string of the molecule is O=C(/C=C\c1cccc(Cl)c1)Nc1nccs1. The van der Waals surface area contributed by atoms with Crippen molar-refractivity contribution in [2.45, 2.75) is 0 Å².